The van der Waals surface area contributed by atoms with Crippen LogP contribution in [0.3, 0.4) is 0 Å². The highest BCUT2D eigenvalue weighted by atomic mass is 127. The van der Waals surface area contributed by atoms with Crippen molar-refractivity contribution in [3.05, 3.63) is 20.6 Å². The van der Waals surface area contributed by atoms with Gasteiger partial charge in [0.25, 0.3) is 0 Å². The smallest absolute Gasteiger partial charge is 0.183 e. The van der Waals surface area contributed by atoms with Gasteiger partial charge in [-0.3, -0.25) is 0 Å². The minimum atomic E-state index is 0.496. The number of H-pyrrole nitrogens is 1. The second-order valence-corrected chi connectivity index (χ2v) is 5.10. The number of halogens is 2. The second-order valence-electron chi connectivity index (χ2n) is 3.67. The van der Waals surface area contributed by atoms with Crippen molar-refractivity contribution in [2.45, 2.75) is 18.8 Å². The molecule has 0 amide bonds. The van der Waals surface area contributed by atoms with Gasteiger partial charge >= 0.3 is 0 Å². The molecule has 1 aliphatic rings. The number of hydrogen-bond acceptors (Lipinski definition) is 4. The summed E-state index contributed by atoms with van der Waals surface area (Å²) in [5.41, 5.74) is 1.67. The van der Waals surface area contributed by atoms with E-state index in [2.05, 4.69) is 48.0 Å². The molecule has 1 fully saturated rings. The molecule has 2 heterocycles. The van der Waals surface area contributed by atoms with Crippen LogP contribution in [0.1, 0.15) is 24.5 Å². The Bertz CT molecular complexity index is 523. The van der Waals surface area contributed by atoms with Gasteiger partial charge in [-0.05, 0) is 35.4 Å². The zero-order valence-electron chi connectivity index (χ0n) is 8.11. The van der Waals surface area contributed by atoms with Gasteiger partial charge in [0.15, 0.2) is 5.82 Å². The van der Waals surface area contributed by atoms with E-state index in [4.69, 9.17) is 11.6 Å². The number of rotatable bonds is 2. The first kappa shape index (κ1) is 10.4. The van der Waals surface area contributed by atoms with E-state index in [-0.39, 0.29) is 0 Å². The van der Waals surface area contributed by atoms with Crippen LogP contribution >= 0.6 is 34.2 Å². The summed E-state index contributed by atoms with van der Waals surface area (Å²) < 4.78 is 0.953. The highest BCUT2D eigenvalue weighted by molar-refractivity contribution is 14.1. The minimum Gasteiger partial charge on any atom is -0.230 e. The average Bonchev–Trinajstić information content (AvgIpc) is 2.96. The van der Waals surface area contributed by atoms with Crippen LogP contribution in [-0.4, -0.2) is 25.4 Å². The minimum absolute atomic E-state index is 0.496. The zero-order valence-corrected chi connectivity index (χ0v) is 11.0. The van der Waals surface area contributed by atoms with E-state index in [0.29, 0.717) is 22.6 Å². The molecular weight excluding hydrogens is 340 g/mol. The lowest BCUT2D eigenvalue weighted by Gasteiger charge is -2.05. The molecule has 0 atom stereocenters. The lowest BCUT2D eigenvalue weighted by atomic mass is 10.3. The summed E-state index contributed by atoms with van der Waals surface area (Å²) in [6, 6.07) is 0. The number of nitrogens with zero attached hydrogens (tertiary/aromatic N) is 4. The van der Waals surface area contributed by atoms with Crippen molar-refractivity contribution < 1.29 is 0 Å². The third-order valence-corrected chi connectivity index (χ3v) is 4.10. The van der Waals surface area contributed by atoms with Crippen molar-refractivity contribution in [3.8, 4) is 11.5 Å². The maximum absolute atomic E-state index is 6.09. The van der Waals surface area contributed by atoms with E-state index in [1.807, 2.05) is 0 Å². The molecule has 0 radical (unpaired) electrons. The fourth-order valence-corrected chi connectivity index (χ4v) is 2.35. The molecule has 1 aliphatic carbocycles. The van der Waals surface area contributed by atoms with Gasteiger partial charge in [0.05, 0.1) is 15.5 Å². The quantitative estimate of drug-likeness (QED) is 0.669. The summed E-state index contributed by atoms with van der Waals surface area (Å²) in [6.45, 7) is 0. The van der Waals surface area contributed by atoms with E-state index in [9.17, 15) is 0 Å². The van der Waals surface area contributed by atoms with Crippen LogP contribution in [0.25, 0.3) is 11.5 Å². The molecule has 5 nitrogen and oxygen atoms in total. The summed E-state index contributed by atoms with van der Waals surface area (Å²) in [5.74, 6) is 1.08. The largest absolute Gasteiger partial charge is 0.230 e. The second kappa shape index (κ2) is 3.92. The fraction of sp³-hybridized carbons (Fsp3) is 0.333. The Hall–Kier alpha value is -0.760. The van der Waals surface area contributed by atoms with Gasteiger partial charge in [-0.15, -0.1) is 0 Å². The summed E-state index contributed by atoms with van der Waals surface area (Å²) in [4.78, 5) is 8.72. The molecule has 0 aliphatic heterocycles. The Balaban J connectivity index is 2.13. The van der Waals surface area contributed by atoms with Crippen LogP contribution in [0.5, 0.6) is 0 Å². The third-order valence-electron chi connectivity index (χ3n) is 2.44. The molecule has 7 heteroatoms. The summed E-state index contributed by atoms with van der Waals surface area (Å²) in [5, 5.41) is 10.7. The molecule has 0 aromatic carbocycles. The summed E-state index contributed by atoms with van der Waals surface area (Å²) >= 11 is 8.28. The van der Waals surface area contributed by atoms with Gasteiger partial charge < -0.3 is 0 Å². The number of hydrogen-bond donors (Lipinski definition) is 1. The molecule has 0 spiro atoms. The molecule has 2 aromatic heterocycles. The SMILES string of the molecule is Clc1nc(-c2cn[nH]n2)nc(C2CC2)c1I. The van der Waals surface area contributed by atoms with E-state index >= 15 is 0 Å². The van der Waals surface area contributed by atoms with Crippen LogP contribution in [0, 0.1) is 3.57 Å². The molecule has 3 rings (SSSR count). The Morgan fingerprint density at radius 1 is 1.38 bits per heavy atom. The van der Waals surface area contributed by atoms with Crippen LogP contribution < -0.4 is 0 Å². The van der Waals surface area contributed by atoms with Crippen LogP contribution in [0.2, 0.25) is 5.15 Å². The van der Waals surface area contributed by atoms with Gasteiger partial charge in [-0.1, -0.05) is 11.6 Å². The highest BCUT2D eigenvalue weighted by Crippen LogP contribution is 2.42. The maximum atomic E-state index is 6.09. The number of aromatic nitrogens is 5. The normalized spacial score (nSPS) is 15.4. The molecule has 0 unspecified atom stereocenters. The standard InChI is InChI=1S/C9H7ClIN5/c10-8-6(11)7(4-1-2-4)13-9(14-8)5-3-12-16-15-5/h3-4H,1-2H2,(H,12,15,16). The van der Waals surface area contributed by atoms with Crippen LogP contribution in [-0.2, 0) is 0 Å². The maximum Gasteiger partial charge on any atom is 0.183 e. The predicted octanol–water partition coefficient (Wildman–Crippen LogP) is 2.40. The first-order valence-corrected chi connectivity index (χ1v) is 6.30. The van der Waals surface area contributed by atoms with Gasteiger partial charge in [-0.2, -0.15) is 15.4 Å². The Kier molecular flexibility index (Phi) is 2.55. The molecule has 2 aromatic rings. The molecular formula is C9H7ClIN5. The molecule has 0 bridgehead atoms. The van der Waals surface area contributed by atoms with E-state index in [1.165, 1.54) is 12.8 Å². The first-order valence-electron chi connectivity index (χ1n) is 4.85. The van der Waals surface area contributed by atoms with Crippen molar-refractivity contribution in [1.82, 2.24) is 25.4 Å². The molecule has 1 saturated carbocycles. The first-order chi connectivity index (χ1) is 7.75. The average molecular weight is 348 g/mol. The lowest BCUT2D eigenvalue weighted by molar-refractivity contribution is 0.930. The summed E-state index contributed by atoms with van der Waals surface area (Å²) in [6.07, 6.45) is 3.96. The summed E-state index contributed by atoms with van der Waals surface area (Å²) in [7, 11) is 0. The highest BCUT2D eigenvalue weighted by Gasteiger charge is 2.29. The van der Waals surface area contributed by atoms with E-state index in [1.54, 1.807) is 6.20 Å². The van der Waals surface area contributed by atoms with Gasteiger partial charge in [0, 0.05) is 5.92 Å². The molecule has 16 heavy (non-hydrogen) atoms. The fourth-order valence-electron chi connectivity index (χ4n) is 1.49. The Labute approximate surface area is 110 Å². The Morgan fingerprint density at radius 2 is 2.19 bits per heavy atom. The predicted molar refractivity (Wildman–Crippen MR) is 67.1 cm³/mol. The molecule has 1 N–H and O–H groups in total. The van der Waals surface area contributed by atoms with Gasteiger partial charge in [0.1, 0.15) is 10.8 Å². The van der Waals surface area contributed by atoms with Crippen LogP contribution in [0.4, 0.5) is 0 Å². The lowest BCUT2D eigenvalue weighted by Crippen LogP contribution is -1.99. The van der Waals surface area contributed by atoms with E-state index < -0.39 is 0 Å². The number of nitrogens with one attached hydrogen (secondary N) is 1. The van der Waals surface area contributed by atoms with E-state index in [0.717, 1.165) is 9.26 Å². The Morgan fingerprint density at radius 3 is 2.81 bits per heavy atom. The van der Waals surface area contributed by atoms with Crippen molar-refractivity contribution in [2.75, 3.05) is 0 Å². The topological polar surface area (TPSA) is 67.3 Å². The number of aromatic amines is 1. The van der Waals surface area contributed by atoms with Crippen molar-refractivity contribution in [1.29, 1.82) is 0 Å². The third kappa shape index (κ3) is 1.80. The van der Waals surface area contributed by atoms with Gasteiger partial charge in [0.2, 0.25) is 0 Å². The van der Waals surface area contributed by atoms with Crippen molar-refractivity contribution in [3.63, 3.8) is 0 Å². The molecule has 0 saturated heterocycles. The zero-order chi connectivity index (χ0) is 11.1. The van der Waals surface area contributed by atoms with Crippen molar-refractivity contribution >= 4 is 34.2 Å². The van der Waals surface area contributed by atoms with Gasteiger partial charge in [-0.25, -0.2) is 9.97 Å². The van der Waals surface area contributed by atoms with Crippen LogP contribution in [0.15, 0.2) is 6.20 Å². The molecule has 82 valence electrons. The monoisotopic (exact) mass is 347 g/mol. The van der Waals surface area contributed by atoms with Crippen molar-refractivity contribution in [2.24, 2.45) is 0 Å².